The van der Waals surface area contributed by atoms with Gasteiger partial charge in [0.1, 0.15) is 12.1 Å². The summed E-state index contributed by atoms with van der Waals surface area (Å²) in [6.07, 6.45) is 2.74. The molecule has 1 aromatic carbocycles. The van der Waals surface area contributed by atoms with E-state index < -0.39 is 4.92 Å². The van der Waals surface area contributed by atoms with Crippen molar-refractivity contribution in [1.82, 2.24) is 14.9 Å². The summed E-state index contributed by atoms with van der Waals surface area (Å²) in [7, 11) is 1.67. The van der Waals surface area contributed by atoms with Gasteiger partial charge in [0.15, 0.2) is 5.76 Å². The van der Waals surface area contributed by atoms with E-state index >= 15 is 0 Å². The van der Waals surface area contributed by atoms with Crippen LogP contribution in [0.2, 0.25) is 0 Å². The van der Waals surface area contributed by atoms with Crippen LogP contribution in [0, 0.1) is 10.1 Å². The monoisotopic (exact) mass is 438 g/mol. The van der Waals surface area contributed by atoms with E-state index in [4.69, 9.17) is 4.42 Å². The predicted octanol–water partition coefficient (Wildman–Crippen LogP) is 2.28. The van der Waals surface area contributed by atoms with Gasteiger partial charge in [-0.2, -0.15) is 0 Å². The third kappa shape index (κ3) is 4.17. The molecule has 1 N–H and O–H groups in total. The molecule has 0 bridgehead atoms. The van der Waals surface area contributed by atoms with Crippen LogP contribution in [0.3, 0.4) is 0 Å². The van der Waals surface area contributed by atoms with Crippen LogP contribution in [0.5, 0.6) is 5.75 Å². The standard InChI is InChI=1S/C21H22N6O5/c1-24(13-15-5-2-3-6-16(15)28)19-18(27(30)31)20(23-14-22-19)25-8-10-26(11-9-25)21(29)17-7-4-12-32-17/h2-7,12,14,28H,8-11,13H2,1H3. The summed E-state index contributed by atoms with van der Waals surface area (Å²) in [4.78, 5) is 37.3. The maximum atomic E-state index is 12.5. The van der Waals surface area contributed by atoms with E-state index in [2.05, 4.69) is 9.97 Å². The van der Waals surface area contributed by atoms with Crippen LogP contribution in [0.4, 0.5) is 17.3 Å². The summed E-state index contributed by atoms with van der Waals surface area (Å²) >= 11 is 0. The number of benzene rings is 1. The highest BCUT2D eigenvalue weighted by Crippen LogP contribution is 2.35. The van der Waals surface area contributed by atoms with Crippen molar-refractivity contribution >= 4 is 23.2 Å². The number of nitrogens with zero attached hydrogens (tertiary/aromatic N) is 6. The fourth-order valence-electron chi connectivity index (χ4n) is 3.69. The number of nitro groups is 1. The summed E-state index contributed by atoms with van der Waals surface area (Å²) in [5, 5.41) is 22.0. The fraction of sp³-hybridized carbons (Fsp3) is 0.286. The molecule has 2 aromatic heterocycles. The molecule has 0 spiro atoms. The van der Waals surface area contributed by atoms with Gasteiger partial charge in [0.25, 0.3) is 5.91 Å². The Morgan fingerprint density at radius 1 is 1.19 bits per heavy atom. The average Bonchev–Trinajstić information content (AvgIpc) is 3.34. The molecule has 0 atom stereocenters. The zero-order chi connectivity index (χ0) is 22.7. The number of aromatic hydroxyl groups is 1. The van der Waals surface area contributed by atoms with Gasteiger partial charge < -0.3 is 24.2 Å². The number of para-hydroxylation sites is 1. The van der Waals surface area contributed by atoms with Crippen molar-refractivity contribution in [2.75, 3.05) is 43.0 Å². The molecular formula is C21H22N6O5. The predicted molar refractivity (Wildman–Crippen MR) is 116 cm³/mol. The second kappa shape index (κ2) is 8.92. The van der Waals surface area contributed by atoms with Crippen molar-refractivity contribution < 1.29 is 19.2 Å². The summed E-state index contributed by atoms with van der Waals surface area (Å²) in [6.45, 7) is 1.75. The van der Waals surface area contributed by atoms with E-state index in [1.165, 1.54) is 12.6 Å². The van der Waals surface area contributed by atoms with Crippen molar-refractivity contribution in [1.29, 1.82) is 0 Å². The average molecular weight is 438 g/mol. The largest absolute Gasteiger partial charge is 0.508 e. The highest BCUT2D eigenvalue weighted by molar-refractivity contribution is 5.91. The minimum absolute atomic E-state index is 0.105. The number of phenolic OH excluding ortho intramolecular Hbond substituents is 1. The van der Waals surface area contributed by atoms with Crippen LogP contribution in [0.1, 0.15) is 16.1 Å². The van der Waals surface area contributed by atoms with Gasteiger partial charge >= 0.3 is 5.69 Å². The maximum absolute atomic E-state index is 12.5. The van der Waals surface area contributed by atoms with Crippen molar-refractivity contribution in [3.05, 3.63) is 70.4 Å². The molecule has 0 saturated carbocycles. The van der Waals surface area contributed by atoms with Gasteiger partial charge in [-0.1, -0.05) is 18.2 Å². The van der Waals surface area contributed by atoms with Crippen LogP contribution < -0.4 is 9.80 Å². The second-order valence-corrected chi connectivity index (χ2v) is 7.37. The van der Waals surface area contributed by atoms with E-state index in [1.54, 1.807) is 58.1 Å². The van der Waals surface area contributed by atoms with Gasteiger partial charge in [0.05, 0.1) is 11.2 Å². The number of hydrogen-bond acceptors (Lipinski definition) is 9. The third-order valence-corrected chi connectivity index (χ3v) is 5.33. The molecule has 1 aliphatic rings. The fourth-order valence-corrected chi connectivity index (χ4v) is 3.69. The van der Waals surface area contributed by atoms with E-state index in [-0.39, 0.29) is 41.3 Å². The number of furan rings is 1. The highest BCUT2D eigenvalue weighted by Gasteiger charge is 2.32. The molecule has 1 fully saturated rings. The summed E-state index contributed by atoms with van der Waals surface area (Å²) < 4.78 is 5.17. The first-order valence-corrected chi connectivity index (χ1v) is 10.0. The van der Waals surface area contributed by atoms with Gasteiger partial charge in [-0.3, -0.25) is 14.9 Å². The first kappa shape index (κ1) is 21.1. The molecule has 1 amide bonds. The van der Waals surface area contributed by atoms with Gasteiger partial charge in [-0.05, 0) is 18.2 Å². The molecule has 3 heterocycles. The van der Waals surface area contributed by atoms with Crippen molar-refractivity contribution in [3.63, 3.8) is 0 Å². The first-order chi connectivity index (χ1) is 15.5. The zero-order valence-electron chi connectivity index (χ0n) is 17.4. The van der Waals surface area contributed by atoms with Gasteiger partial charge in [-0.15, -0.1) is 0 Å². The molecule has 11 heteroatoms. The van der Waals surface area contributed by atoms with E-state index in [1.807, 2.05) is 0 Å². The molecule has 4 rings (SSSR count). The lowest BCUT2D eigenvalue weighted by molar-refractivity contribution is -0.383. The van der Waals surface area contributed by atoms with Crippen LogP contribution >= 0.6 is 0 Å². The highest BCUT2D eigenvalue weighted by atomic mass is 16.6. The number of piperazine rings is 1. The Morgan fingerprint density at radius 3 is 2.59 bits per heavy atom. The van der Waals surface area contributed by atoms with Crippen molar-refractivity contribution in [3.8, 4) is 5.75 Å². The number of aromatic nitrogens is 2. The maximum Gasteiger partial charge on any atom is 0.353 e. The first-order valence-electron chi connectivity index (χ1n) is 10.0. The van der Waals surface area contributed by atoms with Crippen LogP contribution in [-0.2, 0) is 6.54 Å². The van der Waals surface area contributed by atoms with E-state index in [0.29, 0.717) is 31.7 Å². The molecule has 32 heavy (non-hydrogen) atoms. The number of anilines is 2. The second-order valence-electron chi connectivity index (χ2n) is 7.37. The van der Waals surface area contributed by atoms with Gasteiger partial charge in [0.2, 0.25) is 11.6 Å². The van der Waals surface area contributed by atoms with Crippen LogP contribution in [-0.4, -0.2) is 64.0 Å². The number of carbonyl (C=O) groups is 1. The Morgan fingerprint density at radius 2 is 1.94 bits per heavy atom. The minimum atomic E-state index is -0.494. The molecule has 166 valence electrons. The Labute approximate surface area is 183 Å². The number of amides is 1. The summed E-state index contributed by atoms with van der Waals surface area (Å²) in [5.41, 5.74) is 0.408. The SMILES string of the molecule is CN(Cc1ccccc1O)c1ncnc(N2CCN(C(=O)c3ccco3)CC2)c1[N+](=O)[O-]. The molecule has 11 nitrogen and oxygen atoms in total. The Kier molecular flexibility index (Phi) is 5.88. The molecular weight excluding hydrogens is 416 g/mol. The summed E-state index contributed by atoms with van der Waals surface area (Å²) in [6, 6.07) is 10.1. The number of carbonyl (C=O) groups excluding carboxylic acids is 1. The lowest BCUT2D eigenvalue weighted by Crippen LogP contribution is -2.49. The lowest BCUT2D eigenvalue weighted by atomic mass is 10.2. The van der Waals surface area contributed by atoms with Gasteiger partial charge in [-0.25, -0.2) is 9.97 Å². The molecule has 1 saturated heterocycles. The Hall–Kier alpha value is -4.15. The number of rotatable bonds is 6. The topological polar surface area (TPSA) is 129 Å². The molecule has 3 aromatic rings. The van der Waals surface area contributed by atoms with Crippen molar-refractivity contribution in [2.45, 2.75) is 6.54 Å². The summed E-state index contributed by atoms with van der Waals surface area (Å²) in [5.74, 6) is 0.509. The number of phenols is 1. The number of hydrogen-bond donors (Lipinski definition) is 1. The molecule has 0 unspecified atom stereocenters. The quantitative estimate of drug-likeness (QED) is 0.455. The molecule has 1 aliphatic heterocycles. The van der Waals surface area contributed by atoms with E-state index in [0.717, 1.165) is 0 Å². The normalized spacial score (nSPS) is 13.8. The smallest absolute Gasteiger partial charge is 0.353 e. The Bertz CT molecular complexity index is 1110. The lowest BCUT2D eigenvalue weighted by Gasteiger charge is -2.34. The third-order valence-electron chi connectivity index (χ3n) is 5.33. The molecule has 0 aliphatic carbocycles. The molecule has 0 radical (unpaired) electrons. The van der Waals surface area contributed by atoms with Crippen molar-refractivity contribution in [2.24, 2.45) is 0 Å². The van der Waals surface area contributed by atoms with Crippen LogP contribution in [0.25, 0.3) is 0 Å². The van der Waals surface area contributed by atoms with Crippen LogP contribution in [0.15, 0.2) is 53.4 Å². The minimum Gasteiger partial charge on any atom is -0.508 e. The van der Waals surface area contributed by atoms with Gasteiger partial charge in [0, 0.05) is 45.3 Å². The van der Waals surface area contributed by atoms with E-state index in [9.17, 15) is 20.0 Å². The zero-order valence-corrected chi connectivity index (χ0v) is 17.4. The Balaban J connectivity index is 1.54.